The average Bonchev–Trinajstić information content (AvgIpc) is 3.14. The Kier molecular flexibility index (Phi) is 7.20. The summed E-state index contributed by atoms with van der Waals surface area (Å²) >= 11 is 0. The van der Waals surface area contributed by atoms with Gasteiger partial charge in [-0.2, -0.15) is 0 Å². The number of Topliss-reactive ketones (excluding diaryl/α,β-unsaturated/α-hetero) is 1. The van der Waals surface area contributed by atoms with Gasteiger partial charge in [-0.25, -0.2) is 4.79 Å². The summed E-state index contributed by atoms with van der Waals surface area (Å²) in [6, 6.07) is 16.5. The molecule has 6 nitrogen and oxygen atoms in total. The highest BCUT2D eigenvalue weighted by Crippen LogP contribution is 2.44. The number of nitrogens with zero attached hydrogens (tertiary/aromatic N) is 1. The Bertz CT molecular complexity index is 932. The number of nitrogens with one attached hydrogen (secondary N) is 1. The molecule has 0 spiro atoms. The molecule has 2 aromatic rings. The number of carbonyl (C=O) groups excluding carboxylic acids is 3. The maximum absolute atomic E-state index is 12.2. The number of hydrogen-bond donors (Lipinski definition) is 1. The molecule has 1 aliphatic carbocycles. The molecule has 4 rings (SSSR count). The number of carbonyl (C=O) groups is 3. The van der Waals surface area contributed by atoms with E-state index in [4.69, 9.17) is 4.74 Å². The lowest BCUT2D eigenvalue weighted by atomic mass is 9.98. The van der Waals surface area contributed by atoms with Gasteiger partial charge in [0.15, 0.2) is 0 Å². The fourth-order valence-corrected chi connectivity index (χ4v) is 4.58. The molecule has 168 valence electrons. The minimum Gasteiger partial charge on any atom is -0.449 e. The third kappa shape index (κ3) is 5.18. The molecule has 1 aliphatic heterocycles. The molecule has 1 heterocycles. The van der Waals surface area contributed by atoms with Gasteiger partial charge in [-0.1, -0.05) is 55.0 Å². The molecule has 2 amide bonds. The Morgan fingerprint density at radius 1 is 0.906 bits per heavy atom. The van der Waals surface area contributed by atoms with E-state index in [0.717, 1.165) is 19.3 Å². The fourth-order valence-electron chi connectivity index (χ4n) is 4.58. The summed E-state index contributed by atoms with van der Waals surface area (Å²) in [6.45, 7) is 1.96. The number of unbranched alkanes of at least 4 members (excludes halogenated alkanes) is 2. The second-order valence-corrected chi connectivity index (χ2v) is 8.48. The maximum atomic E-state index is 12.2. The van der Waals surface area contributed by atoms with Crippen LogP contribution < -0.4 is 5.32 Å². The molecule has 0 atom stereocenters. The van der Waals surface area contributed by atoms with E-state index in [1.807, 2.05) is 24.3 Å². The zero-order valence-corrected chi connectivity index (χ0v) is 18.3. The number of ether oxygens (including phenoxy) is 1. The Balaban J connectivity index is 1.14. The minimum atomic E-state index is -0.402. The first-order valence-electron chi connectivity index (χ1n) is 11.5. The van der Waals surface area contributed by atoms with E-state index >= 15 is 0 Å². The molecule has 2 aromatic carbocycles. The molecule has 0 bridgehead atoms. The van der Waals surface area contributed by atoms with Crippen LogP contribution in [-0.4, -0.2) is 48.9 Å². The SMILES string of the molecule is O=C1CCN(C(=O)CCCCCNC(=O)OCC2c3ccccc3-c3ccccc32)CC1. The first-order valence-corrected chi connectivity index (χ1v) is 11.5. The number of likely N-dealkylation sites (tertiary alicyclic amines) is 1. The molecule has 0 unspecified atom stereocenters. The summed E-state index contributed by atoms with van der Waals surface area (Å²) in [6.07, 6.45) is 3.51. The number of benzene rings is 2. The molecular formula is C26H30N2O4. The lowest BCUT2D eigenvalue weighted by Crippen LogP contribution is -2.38. The summed E-state index contributed by atoms with van der Waals surface area (Å²) in [7, 11) is 0. The summed E-state index contributed by atoms with van der Waals surface area (Å²) in [5, 5.41) is 2.82. The molecule has 6 heteroatoms. The highest BCUT2D eigenvalue weighted by atomic mass is 16.5. The Hall–Kier alpha value is -3.15. The van der Waals surface area contributed by atoms with E-state index in [1.165, 1.54) is 22.3 Å². The van der Waals surface area contributed by atoms with Crippen LogP contribution in [0.25, 0.3) is 11.1 Å². The number of piperidine rings is 1. The number of hydrogen-bond acceptors (Lipinski definition) is 4. The van der Waals surface area contributed by atoms with Crippen molar-refractivity contribution < 1.29 is 19.1 Å². The van der Waals surface area contributed by atoms with Gasteiger partial charge in [-0.05, 0) is 35.1 Å². The zero-order chi connectivity index (χ0) is 22.3. The summed E-state index contributed by atoms with van der Waals surface area (Å²) in [5.74, 6) is 0.430. The van der Waals surface area contributed by atoms with E-state index in [0.29, 0.717) is 45.5 Å². The van der Waals surface area contributed by atoms with Crippen molar-refractivity contribution in [2.75, 3.05) is 26.2 Å². The molecule has 0 aromatic heterocycles. The smallest absolute Gasteiger partial charge is 0.407 e. The van der Waals surface area contributed by atoms with Gasteiger partial charge >= 0.3 is 6.09 Å². The molecule has 2 aliphatic rings. The molecule has 0 saturated carbocycles. The van der Waals surface area contributed by atoms with Gasteiger partial charge in [-0.15, -0.1) is 0 Å². The van der Waals surface area contributed by atoms with Crippen molar-refractivity contribution in [3.8, 4) is 11.1 Å². The monoisotopic (exact) mass is 434 g/mol. The number of ketones is 1. The fraction of sp³-hybridized carbons (Fsp3) is 0.423. The zero-order valence-electron chi connectivity index (χ0n) is 18.3. The van der Waals surface area contributed by atoms with Crippen molar-refractivity contribution in [3.63, 3.8) is 0 Å². The van der Waals surface area contributed by atoms with E-state index in [-0.39, 0.29) is 17.6 Å². The van der Waals surface area contributed by atoms with Gasteiger partial charge < -0.3 is 15.0 Å². The quantitative estimate of drug-likeness (QED) is 0.630. The van der Waals surface area contributed by atoms with Crippen molar-refractivity contribution in [1.29, 1.82) is 0 Å². The van der Waals surface area contributed by atoms with E-state index in [9.17, 15) is 14.4 Å². The maximum Gasteiger partial charge on any atom is 0.407 e. The van der Waals surface area contributed by atoms with Crippen molar-refractivity contribution in [2.45, 2.75) is 44.4 Å². The Morgan fingerprint density at radius 2 is 1.53 bits per heavy atom. The van der Waals surface area contributed by atoms with Crippen molar-refractivity contribution in [1.82, 2.24) is 10.2 Å². The topological polar surface area (TPSA) is 75.7 Å². The van der Waals surface area contributed by atoms with Gasteiger partial charge in [0.05, 0.1) is 0 Å². The minimum absolute atomic E-state index is 0.0595. The van der Waals surface area contributed by atoms with Gasteiger partial charge in [0, 0.05) is 44.8 Å². The summed E-state index contributed by atoms with van der Waals surface area (Å²) in [5.41, 5.74) is 4.82. The number of fused-ring (bicyclic) bond motifs is 3. The average molecular weight is 435 g/mol. The molecule has 1 saturated heterocycles. The lowest BCUT2D eigenvalue weighted by Gasteiger charge is -2.26. The van der Waals surface area contributed by atoms with Gasteiger partial charge in [0.25, 0.3) is 0 Å². The summed E-state index contributed by atoms with van der Waals surface area (Å²) in [4.78, 5) is 37.4. The predicted octanol–water partition coefficient (Wildman–Crippen LogP) is 4.28. The Morgan fingerprint density at radius 3 is 2.19 bits per heavy atom. The second kappa shape index (κ2) is 10.4. The molecule has 32 heavy (non-hydrogen) atoms. The highest BCUT2D eigenvalue weighted by molar-refractivity contribution is 5.83. The molecule has 1 N–H and O–H groups in total. The Labute approximate surface area is 188 Å². The van der Waals surface area contributed by atoms with Crippen molar-refractivity contribution in [2.24, 2.45) is 0 Å². The lowest BCUT2D eigenvalue weighted by molar-refractivity contribution is -0.134. The largest absolute Gasteiger partial charge is 0.449 e. The van der Waals surface area contributed by atoms with Gasteiger partial charge in [-0.3, -0.25) is 9.59 Å². The highest BCUT2D eigenvalue weighted by Gasteiger charge is 2.29. The van der Waals surface area contributed by atoms with Crippen LogP contribution in [0.4, 0.5) is 4.79 Å². The van der Waals surface area contributed by atoms with Crippen LogP contribution in [0.15, 0.2) is 48.5 Å². The predicted molar refractivity (Wildman–Crippen MR) is 122 cm³/mol. The van der Waals surface area contributed by atoms with Gasteiger partial charge in [0.1, 0.15) is 12.4 Å². The first kappa shape index (κ1) is 22.1. The van der Waals surface area contributed by atoms with Crippen LogP contribution in [0.3, 0.4) is 0 Å². The third-order valence-electron chi connectivity index (χ3n) is 6.35. The van der Waals surface area contributed by atoms with Crippen LogP contribution in [0.1, 0.15) is 55.6 Å². The van der Waals surface area contributed by atoms with E-state index in [1.54, 1.807) is 4.90 Å². The van der Waals surface area contributed by atoms with Crippen LogP contribution in [0.5, 0.6) is 0 Å². The molecular weight excluding hydrogens is 404 g/mol. The van der Waals surface area contributed by atoms with Crippen LogP contribution in [0.2, 0.25) is 0 Å². The number of alkyl carbamates (subject to hydrolysis) is 1. The third-order valence-corrected chi connectivity index (χ3v) is 6.35. The molecule has 0 radical (unpaired) electrons. The number of amides is 2. The van der Waals surface area contributed by atoms with Crippen LogP contribution in [-0.2, 0) is 14.3 Å². The van der Waals surface area contributed by atoms with Crippen LogP contribution in [0, 0.1) is 0 Å². The van der Waals surface area contributed by atoms with E-state index in [2.05, 4.69) is 29.6 Å². The normalized spacial score (nSPS) is 15.2. The first-order chi connectivity index (χ1) is 15.6. The van der Waals surface area contributed by atoms with Crippen LogP contribution >= 0.6 is 0 Å². The summed E-state index contributed by atoms with van der Waals surface area (Å²) < 4.78 is 5.53. The second-order valence-electron chi connectivity index (χ2n) is 8.48. The number of rotatable bonds is 8. The van der Waals surface area contributed by atoms with Crippen molar-refractivity contribution in [3.05, 3.63) is 59.7 Å². The van der Waals surface area contributed by atoms with Gasteiger partial charge in [0.2, 0.25) is 5.91 Å². The molecule has 1 fully saturated rings. The van der Waals surface area contributed by atoms with E-state index < -0.39 is 6.09 Å². The standard InChI is InChI=1S/C26H30N2O4/c29-19-13-16-28(17-14-19)25(30)12-2-1-7-15-27-26(31)32-18-24-22-10-5-3-8-20(22)21-9-4-6-11-23(21)24/h3-6,8-11,24H,1-2,7,12-18H2,(H,27,31). The van der Waals surface area contributed by atoms with Crippen molar-refractivity contribution >= 4 is 17.8 Å².